The van der Waals surface area contributed by atoms with E-state index in [2.05, 4.69) is 16.4 Å². The molecule has 0 saturated carbocycles. The first-order valence-electron chi connectivity index (χ1n) is 7.18. The van der Waals surface area contributed by atoms with Gasteiger partial charge in [-0.1, -0.05) is 18.0 Å². The van der Waals surface area contributed by atoms with Gasteiger partial charge in [-0.3, -0.25) is 4.79 Å². The summed E-state index contributed by atoms with van der Waals surface area (Å²) >= 11 is 7.52. The number of nitrogens with zero attached hydrogens (tertiary/aromatic N) is 1. The number of thiophene rings is 1. The standard InChI is InChI=1S/C16H17ClN2OS/c1-10-7-12(9-18-15(10)17)19-16(20)14-8-11-5-3-2-4-6-13(11)21-14/h7-9H,2-6H2,1H3,(H,19,20). The molecular weight excluding hydrogens is 304 g/mol. The molecule has 2 aromatic heterocycles. The minimum absolute atomic E-state index is 0.0587. The molecule has 5 heteroatoms. The molecule has 0 aromatic carbocycles. The Balaban J connectivity index is 1.77. The maximum atomic E-state index is 12.4. The van der Waals surface area contributed by atoms with Gasteiger partial charge >= 0.3 is 0 Å². The van der Waals surface area contributed by atoms with E-state index in [0.29, 0.717) is 10.8 Å². The minimum atomic E-state index is -0.0587. The molecule has 1 aliphatic carbocycles. The molecule has 1 aliphatic rings. The number of aryl methyl sites for hydroxylation is 3. The Morgan fingerprint density at radius 1 is 1.29 bits per heavy atom. The summed E-state index contributed by atoms with van der Waals surface area (Å²) < 4.78 is 0. The molecule has 0 unspecified atom stereocenters. The van der Waals surface area contributed by atoms with Gasteiger partial charge in [-0.2, -0.15) is 0 Å². The van der Waals surface area contributed by atoms with Gasteiger partial charge in [0.2, 0.25) is 0 Å². The van der Waals surface area contributed by atoms with E-state index >= 15 is 0 Å². The number of carbonyl (C=O) groups is 1. The third kappa shape index (κ3) is 3.27. The van der Waals surface area contributed by atoms with Crippen molar-refractivity contribution in [3.8, 4) is 0 Å². The van der Waals surface area contributed by atoms with Crippen molar-refractivity contribution in [1.29, 1.82) is 0 Å². The maximum absolute atomic E-state index is 12.4. The Hall–Kier alpha value is -1.39. The molecule has 2 aromatic rings. The van der Waals surface area contributed by atoms with E-state index in [4.69, 9.17) is 11.6 Å². The van der Waals surface area contributed by atoms with Crippen LogP contribution in [0.5, 0.6) is 0 Å². The van der Waals surface area contributed by atoms with Crippen LogP contribution in [0.25, 0.3) is 0 Å². The number of aromatic nitrogens is 1. The summed E-state index contributed by atoms with van der Waals surface area (Å²) in [5, 5.41) is 3.37. The molecule has 0 fully saturated rings. The van der Waals surface area contributed by atoms with Crippen molar-refractivity contribution in [3.63, 3.8) is 0 Å². The molecule has 0 atom stereocenters. The number of halogens is 1. The highest BCUT2D eigenvalue weighted by Crippen LogP contribution is 2.29. The summed E-state index contributed by atoms with van der Waals surface area (Å²) in [6.45, 7) is 1.87. The van der Waals surface area contributed by atoms with Crippen LogP contribution < -0.4 is 5.32 Å². The molecule has 1 amide bonds. The van der Waals surface area contributed by atoms with Crippen LogP contribution in [0.15, 0.2) is 18.3 Å². The smallest absolute Gasteiger partial charge is 0.265 e. The number of pyridine rings is 1. The summed E-state index contributed by atoms with van der Waals surface area (Å²) in [4.78, 5) is 18.6. The predicted octanol–water partition coefficient (Wildman–Crippen LogP) is 4.63. The van der Waals surface area contributed by atoms with Crippen molar-refractivity contribution in [2.75, 3.05) is 5.32 Å². The topological polar surface area (TPSA) is 42.0 Å². The van der Waals surface area contributed by atoms with E-state index in [0.717, 1.165) is 23.3 Å². The lowest BCUT2D eigenvalue weighted by atomic mass is 10.1. The van der Waals surface area contributed by atoms with E-state index in [1.165, 1.54) is 29.7 Å². The van der Waals surface area contributed by atoms with Gasteiger partial charge in [-0.15, -0.1) is 11.3 Å². The number of hydrogen-bond donors (Lipinski definition) is 1. The van der Waals surface area contributed by atoms with Gasteiger partial charge in [0, 0.05) is 4.88 Å². The van der Waals surface area contributed by atoms with E-state index < -0.39 is 0 Å². The number of carbonyl (C=O) groups excluding carboxylic acids is 1. The maximum Gasteiger partial charge on any atom is 0.265 e. The quantitative estimate of drug-likeness (QED) is 0.647. The normalized spacial score (nSPS) is 14.4. The first-order valence-corrected chi connectivity index (χ1v) is 8.38. The SMILES string of the molecule is Cc1cc(NC(=O)c2cc3c(s2)CCCCC3)cnc1Cl. The summed E-state index contributed by atoms with van der Waals surface area (Å²) in [5.41, 5.74) is 2.90. The van der Waals surface area contributed by atoms with E-state index in [9.17, 15) is 4.79 Å². The highest BCUT2D eigenvalue weighted by Gasteiger charge is 2.16. The molecule has 2 heterocycles. The molecule has 0 radical (unpaired) electrons. The second kappa shape index (κ2) is 6.16. The zero-order chi connectivity index (χ0) is 14.8. The monoisotopic (exact) mass is 320 g/mol. The minimum Gasteiger partial charge on any atom is -0.320 e. The van der Waals surface area contributed by atoms with Gasteiger partial charge in [0.1, 0.15) is 5.15 Å². The first kappa shape index (κ1) is 14.5. The summed E-state index contributed by atoms with van der Waals surface area (Å²) in [5.74, 6) is -0.0587. The van der Waals surface area contributed by atoms with E-state index in [-0.39, 0.29) is 5.91 Å². The fourth-order valence-electron chi connectivity index (χ4n) is 2.60. The molecule has 21 heavy (non-hydrogen) atoms. The third-order valence-electron chi connectivity index (χ3n) is 3.74. The van der Waals surface area contributed by atoms with Gasteiger partial charge < -0.3 is 5.32 Å². The van der Waals surface area contributed by atoms with Gasteiger partial charge in [-0.25, -0.2) is 4.98 Å². The van der Waals surface area contributed by atoms with Gasteiger partial charge in [-0.05, 0) is 55.9 Å². The van der Waals surface area contributed by atoms with Crippen molar-refractivity contribution in [2.24, 2.45) is 0 Å². The fourth-order valence-corrected chi connectivity index (χ4v) is 3.85. The van der Waals surface area contributed by atoms with Crippen molar-refractivity contribution < 1.29 is 4.79 Å². The van der Waals surface area contributed by atoms with Crippen LogP contribution in [0.2, 0.25) is 5.15 Å². The van der Waals surface area contributed by atoms with Crippen LogP contribution in [0.1, 0.15) is 44.9 Å². The van der Waals surface area contributed by atoms with Crippen LogP contribution in [0.3, 0.4) is 0 Å². The highest BCUT2D eigenvalue weighted by atomic mass is 35.5. The largest absolute Gasteiger partial charge is 0.320 e. The molecule has 3 nitrogen and oxygen atoms in total. The van der Waals surface area contributed by atoms with Gasteiger partial charge in [0.25, 0.3) is 5.91 Å². The summed E-state index contributed by atoms with van der Waals surface area (Å²) in [7, 11) is 0. The molecule has 110 valence electrons. The Labute approximate surface area is 133 Å². The lowest BCUT2D eigenvalue weighted by molar-refractivity contribution is 0.103. The lowest BCUT2D eigenvalue weighted by Gasteiger charge is -2.05. The number of amides is 1. The average molecular weight is 321 g/mol. The second-order valence-electron chi connectivity index (χ2n) is 5.41. The zero-order valence-electron chi connectivity index (χ0n) is 11.9. The molecular formula is C16H17ClN2OS. The second-order valence-corrected chi connectivity index (χ2v) is 6.90. The Bertz CT molecular complexity index is 657. The number of fused-ring (bicyclic) bond motifs is 1. The van der Waals surface area contributed by atoms with Gasteiger partial charge in [0.05, 0.1) is 16.8 Å². The van der Waals surface area contributed by atoms with Gasteiger partial charge in [0.15, 0.2) is 0 Å². The van der Waals surface area contributed by atoms with Crippen LogP contribution in [0.4, 0.5) is 5.69 Å². The van der Waals surface area contributed by atoms with E-state index in [1.807, 2.05) is 13.0 Å². The van der Waals surface area contributed by atoms with E-state index in [1.54, 1.807) is 17.5 Å². The van der Waals surface area contributed by atoms with Crippen LogP contribution in [-0.2, 0) is 12.8 Å². The van der Waals surface area contributed by atoms with Crippen molar-refractivity contribution in [1.82, 2.24) is 4.98 Å². The Morgan fingerprint density at radius 2 is 2.10 bits per heavy atom. The molecule has 1 N–H and O–H groups in total. The molecule has 3 rings (SSSR count). The molecule has 0 bridgehead atoms. The lowest BCUT2D eigenvalue weighted by Crippen LogP contribution is -2.10. The number of rotatable bonds is 2. The molecule has 0 spiro atoms. The highest BCUT2D eigenvalue weighted by molar-refractivity contribution is 7.14. The third-order valence-corrected chi connectivity index (χ3v) is 5.37. The summed E-state index contributed by atoms with van der Waals surface area (Å²) in [6, 6.07) is 3.89. The zero-order valence-corrected chi connectivity index (χ0v) is 13.5. The van der Waals surface area contributed by atoms with Crippen molar-refractivity contribution in [3.05, 3.63) is 44.4 Å². The van der Waals surface area contributed by atoms with Crippen LogP contribution in [0, 0.1) is 6.92 Å². The summed E-state index contributed by atoms with van der Waals surface area (Å²) in [6.07, 6.45) is 7.54. The Morgan fingerprint density at radius 3 is 2.90 bits per heavy atom. The Kier molecular flexibility index (Phi) is 4.27. The predicted molar refractivity (Wildman–Crippen MR) is 87.5 cm³/mol. The molecule has 0 saturated heterocycles. The fraction of sp³-hybridized carbons (Fsp3) is 0.375. The molecule has 0 aliphatic heterocycles. The number of hydrogen-bond acceptors (Lipinski definition) is 3. The van der Waals surface area contributed by atoms with Crippen molar-refractivity contribution >= 4 is 34.5 Å². The number of anilines is 1. The van der Waals surface area contributed by atoms with Crippen molar-refractivity contribution in [2.45, 2.75) is 39.0 Å². The van der Waals surface area contributed by atoms with Crippen LogP contribution >= 0.6 is 22.9 Å². The van der Waals surface area contributed by atoms with Crippen LogP contribution in [-0.4, -0.2) is 10.9 Å². The number of nitrogens with one attached hydrogen (secondary N) is 1. The average Bonchev–Trinajstić information content (AvgIpc) is 2.74. The first-order chi connectivity index (χ1) is 10.1.